The minimum atomic E-state index is 0.0297. The molecular weight excluding hydrogens is 210 g/mol. The molecule has 3 nitrogen and oxygen atoms in total. The third-order valence-electron chi connectivity index (χ3n) is 3.74. The fraction of sp³-hybridized carbons (Fsp3) is 0.429. The highest BCUT2D eigenvalue weighted by atomic mass is 15.1. The van der Waals surface area contributed by atoms with E-state index in [9.17, 15) is 0 Å². The molecule has 0 amide bonds. The number of hydrogen-bond acceptors (Lipinski definition) is 2. The number of fused-ring (bicyclic) bond motifs is 1. The van der Waals surface area contributed by atoms with Crippen LogP contribution in [0.25, 0.3) is 10.9 Å². The summed E-state index contributed by atoms with van der Waals surface area (Å²) in [4.78, 5) is 3.48. The Balaban J connectivity index is 2.18. The largest absolute Gasteiger partial charge is 0.358 e. The number of para-hydroxylation sites is 1. The van der Waals surface area contributed by atoms with Crippen LogP contribution in [0.2, 0.25) is 0 Å². The molecule has 2 aromatic rings. The third-order valence-corrected chi connectivity index (χ3v) is 3.74. The van der Waals surface area contributed by atoms with Crippen LogP contribution in [0.5, 0.6) is 0 Å². The zero-order valence-corrected chi connectivity index (χ0v) is 10.4. The molecule has 0 bridgehead atoms. The quantitative estimate of drug-likeness (QED) is 0.699. The van der Waals surface area contributed by atoms with Crippen LogP contribution in [0.15, 0.2) is 24.3 Å². The Morgan fingerprint density at radius 3 is 2.76 bits per heavy atom. The Hall–Kier alpha value is -1.32. The molecule has 3 heteroatoms. The normalized spacial score (nSPS) is 25.3. The number of piperazine rings is 1. The summed E-state index contributed by atoms with van der Waals surface area (Å²) < 4.78 is 0. The van der Waals surface area contributed by atoms with E-state index in [0.717, 1.165) is 19.6 Å². The standard InChI is InChI=1S/C14H19N3/c1-10-13(14(2)9-15-7-8-16-14)11-5-3-4-6-12(11)17-10/h3-6,15-17H,7-9H2,1-2H3. The highest BCUT2D eigenvalue weighted by molar-refractivity contribution is 5.85. The Bertz CT molecular complexity index is 535. The van der Waals surface area contributed by atoms with Gasteiger partial charge in [0.05, 0.1) is 5.54 Å². The lowest BCUT2D eigenvalue weighted by Crippen LogP contribution is -2.55. The van der Waals surface area contributed by atoms with Crippen molar-refractivity contribution in [1.82, 2.24) is 15.6 Å². The fourth-order valence-corrected chi connectivity index (χ4v) is 2.99. The number of benzene rings is 1. The molecule has 0 spiro atoms. The van der Waals surface area contributed by atoms with Gasteiger partial charge in [0, 0.05) is 41.8 Å². The number of H-pyrrole nitrogens is 1. The summed E-state index contributed by atoms with van der Waals surface area (Å²) in [7, 11) is 0. The third kappa shape index (κ3) is 1.66. The molecule has 0 radical (unpaired) electrons. The van der Waals surface area contributed by atoms with E-state index < -0.39 is 0 Å². The molecule has 1 atom stereocenters. The molecule has 1 aromatic heterocycles. The first-order valence-corrected chi connectivity index (χ1v) is 6.24. The van der Waals surface area contributed by atoms with Gasteiger partial charge in [-0.2, -0.15) is 0 Å². The summed E-state index contributed by atoms with van der Waals surface area (Å²) >= 11 is 0. The van der Waals surface area contributed by atoms with Crippen molar-refractivity contribution in [1.29, 1.82) is 0 Å². The van der Waals surface area contributed by atoms with Crippen LogP contribution in [0.4, 0.5) is 0 Å². The van der Waals surface area contributed by atoms with Gasteiger partial charge in [-0.25, -0.2) is 0 Å². The maximum Gasteiger partial charge on any atom is 0.0556 e. The zero-order valence-electron chi connectivity index (χ0n) is 10.4. The van der Waals surface area contributed by atoms with Gasteiger partial charge in [-0.05, 0) is 19.9 Å². The Morgan fingerprint density at radius 1 is 1.18 bits per heavy atom. The first-order chi connectivity index (χ1) is 8.21. The summed E-state index contributed by atoms with van der Waals surface area (Å²) in [5, 5.41) is 8.46. The lowest BCUT2D eigenvalue weighted by atomic mass is 9.88. The molecule has 3 rings (SSSR count). The molecule has 1 fully saturated rings. The molecule has 0 saturated carbocycles. The second kappa shape index (κ2) is 3.86. The predicted molar refractivity (Wildman–Crippen MR) is 71.3 cm³/mol. The topological polar surface area (TPSA) is 39.9 Å². The molecule has 17 heavy (non-hydrogen) atoms. The smallest absolute Gasteiger partial charge is 0.0556 e. The molecule has 1 aliphatic rings. The van der Waals surface area contributed by atoms with Crippen LogP contribution >= 0.6 is 0 Å². The first-order valence-electron chi connectivity index (χ1n) is 6.24. The molecule has 3 N–H and O–H groups in total. The van der Waals surface area contributed by atoms with Crippen molar-refractivity contribution in [2.75, 3.05) is 19.6 Å². The van der Waals surface area contributed by atoms with Crippen molar-refractivity contribution in [2.24, 2.45) is 0 Å². The van der Waals surface area contributed by atoms with E-state index in [1.54, 1.807) is 0 Å². The molecule has 2 heterocycles. The van der Waals surface area contributed by atoms with E-state index in [-0.39, 0.29) is 5.54 Å². The van der Waals surface area contributed by atoms with Crippen LogP contribution in [-0.2, 0) is 5.54 Å². The minimum absolute atomic E-state index is 0.0297. The SMILES string of the molecule is Cc1[nH]c2ccccc2c1C1(C)CNCCN1. The average Bonchev–Trinajstić information content (AvgIpc) is 2.66. The molecule has 1 aromatic carbocycles. The van der Waals surface area contributed by atoms with Gasteiger partial charge in [-0.3, -0.25) is 0 Å². The fourth-order valence-electron chi connectivity index (χ4n) is 2.99. The van der Waals surface area contributed by atoms with E-state index >= 15 is 0 Å². The molecule has 90 valence electrons. The van der Waals surface area contributed by atoms with Crippen LogP contribution in [-0.4, -0.2) is 24.6 Å². The van der Waals surface area contributed by atoms with E-state index in [0.29, 0.717) is 0 Å². The van der Waals surface area contributed by atoms with Gasteiger partial charge >= 0.3 is 0 Å². The predicted octanol–water partition coefficient (Wildman–Crippen LogP) is 1.88. The van der Waals surface area contributed by atoms with Crippen LogP contribution in [0.3, 0.4) is 0 Å². The summed E-state index contributed by atoms with van der Waals surface area (Å²) in [5.41, 5.74) is 3.93. The molecule has 1 aliphatic heterocycles. The first kappa shape index (κ1) is 10.8. The Morgan fingerprint density at radius 2 is 2.00 bits per heavy atom. The summed E-state index contributed by atoms with van der Waals surface area (Å²) in [5.74, 6) is 0. The van der Waals surface area contributed by atoms with E-state index in [2.05, 4.69) is 53.7 Å². The lowest BCUT2D eigenvalue weighted by Gasteiger charge is -2.36. The van der Waals surface area contributed by atoms with Crippen molar-refractivity contribution < 1.29 is 0 Å². The zero-order chi connectivity index (χ0) is 11.9. The van der Waals surface area contributed by atoms with Gasteiger partial charge in [-0.15, -0.1) is 0 Å². The number of aromatic nitrogens is 1. The van der Waals surface area contributed by atoms with E-state index in [4.69, 9.17) is 0 Å². The number of rotatable bonds is 1. The molecule has 1 saturated heterocycles. The van der Waals surface area contributed by atoms with E-state index in [1.165, 1.54) is 22.2 Å². The maximum atomic E-state index is 3.65. The van der Waals surface area contributed by atoms with Gasteiger partial charge in [0.2, 0.25) is 0 Å². The molecular formula is C14H19N3. The van der Waals surface area contributed by atoms with Gasteiger partial charge in [0.15, 0.2) is 0 Å². The highest BCUT2D eigenvalue weighted by Gasteiger charge is 2.32. The highest BCUT2D eigenvalue weighted by Crippen LogP contribution is 2.32. The molecule has 1 unspecified atom stereocenters. The Kier molecular flexibility index (Phi) is 2.45. The van der Waals surface area contributed by atoms with Crippen LogP contribution in [0, 0.1) is 6.92 Å². The summed E-state index contributed by atoms with van der Waals surface area (Å²) in [6.45, 7) is 7.50. The van der Waals surface area contributed by atoms with Crippen molar-refractivity contribution in [3.05, 3.63) is 35.5 Å². The van der Waals surface area contributed by atoms with Crippen LogP contribution < -0.4 is 10.6 Å². The monoisotopic (exact) mass is 229 g/mol. The van der Waals surface area contributed by atoms with Crippen LogP contribution in [0.1, 0.15) is 18.2 Å². The molecule has 0 aliphatic carbocycles. The lowest BCUT2D eigenvalue weighted by molar-refractivity contribution is 0.304. The minimum Gasteiger partial charge on any atom is -0.358 e. The van der Waals surface area contributed by atoms with Crippen molar-refractivity contribution in [3.63, 3.8) is 0 Å². The Labute approximate surface area is 102 Å². The van der Waals surface area contributed by atoms with E-state index in [1.807, 2.05) is 0 Å². The number of aromatic amines is 1. The number of hydrogen-bond donors (Lipinski definition) is 3. The second-order valence-electron chi connectivity index (χ2n) is 5.11. The summed E-state index contributed by atoms with van der Waals surface area (Å²) in [6, 6.07) is 8.54. The van der Waals surface area contributed by atoms with Gasteiger partial charge in [-0.1, -0.05) is 18.2 Å². The van der Waals surface area contributed by atoms with Crippen molar-refractivity contribution in [3.8, 4) is 0 Å². The summed E-state index contributed by atoms with van der Waals surface area (Å²) in [6.07, 6.45) is 0. The van der Waals surface area contributed by atoms with Gasteiger partial charge in [0.1, 0.15) is 0 Å². The number of aryl methyl sites for hydroxylation is 1. The van der Waals surface area contributed by atoms with Gasteiger partial charge < -0.3 is 15.6 Å². The van der Waals surface area contributed by atoms with Crippen molar-refractivity contribution in [2.45, 2.75) is 19.4 Å². The number of nitrogens with one attached hydrogen (secondary N) is 3. The average molecular weight is 229 g/mol. The van der Waals surface area contributed by atoms with Gasteiger partial charge in [0.25, 0.3) is 0 Å². The van der Waals surface area contributed by atoms with Crippen molar-refractivity contribution >= 4 is 10.9 Å². The maximum absolute atomic E-state index is 3.65. The second-order valence-corrected chi connectivity index (χ2v) is 5.11.